The van der Waals surface area contributed by atoms with E-state index in [1.165, 1.54) is 12.1 Å². The van der Waals surface area contributed by atoms with E-state index in [9.17, 15) is 4.39 Å². The predicted molar refractivity (Wildman–Crippen MR) is 45.4 cm³/mol. The molecule has 0 spiro atoms. The zero-order valence-electron chi connectivity index (χ0n) is 6.95. The lowest BCUT2D eigenvalue weighted by Gasteiger charge is -1.95. The molecule has 1 aromatic heterocycles. The van der Waals surface area contributed by atoms with Crippen molar-refractivity contribution in [3.05, 3.63) is 29.7 Å². The van der Waals surface area contributed by atoms with Crippen molar-refractivity contribution in [1.82, 2.24) is 9.78 Å². The van der Waals surface area contributed by atoms with E-state index < -0.39 is 5.82 Å². The Labute approximate surface area is 74.0 Å². The number of nitriles is 1. The minimum Gasteiger partial charge on any atom is -0.268 e. The topological polar surface area (TPSA) is 41.6 Å². The maximum absolute atomic E-state index is 12.9. The third-order valence-corrected chi connectivity index (χ3v) is 1.95. The van der Waals surface area contributed by atoms with E-state index in [0.29, 0.717) is 16.5 Å². The molecule has 0 aliphatic rings. The van der Waals surface area contributed by atoms with Crippen LogP contribution in [0.1, 0.15) is 5.56 Å². The van der Waals surface area contributed by atoms with Gasteiger partial charge in [-0.1, -0.05) is 0 Å². The molecule has 1 aromatic carbocycles. The molecule has 0 saturated carbocycles. The van der Waals surface area contributed by atoms with Crippen molar-refractivity contribution in [2.45, 2.75) is 0 Å². The lowest BCUT2D eigenvalue weighted by molar-refractivity contribution is 0.627. The molecule has 0 N–H and O–H groups in total. The highest BCUT2D eigenvalue weighted by Crippen LogP contribution is 2.18. The minimum atomic E-state index is -0.410. The zero-order valence-corrected chi connectivity index (χ0v) is 6.95. The number of fused-ring (bicyclic) bond motifs is 1. The Balaban J connectivity index is 2.94. The van der Waals surface area contributed by atoms with Crippen molar-refractivity contribution < 1.29 is 4.39 Å². The van der Waals surface area contributed by atoms with Crippen molar-refractivity contribution in [1.29, 1.82) is 5.26 Å². The van der Waals surface area contributed by atoms with Gasteiger partial charge in [0.2, 0.25) is 0 Å². The van der Waals surface area contributed by atoms with Crippen molar-refractivity contribution in [2.24, 2.45) is 7.05 Å². The molecule has 0 fully saturated rings. The van der Waals surface area contributed by atoms with Crippen LogP contribution in [-0.4, -0.2) is 9.78 Å². The first-order valence-corrected chi connectivity index (χ1v) is 3.73. The second-order valence-corrected chi connectivity index (χ2v) is 2.77. The molecule has 0 amide bonds. The van der Waals surface area contributed by atoms with Gasteiger partial charge in [0.25, 0.3) is 0 Å². The molecule has 3 nitrogen and oxygen atoms in total. The van der Waals surface area contributed by atoms with Gasteiger partial charge in [0.1, 0.15) is 5.82 Å². The van der Waals surface area contributed by atoms with Crippen LogP contribution in [0.3, 0.4) is 0 Å². The number of hydrogen-bond donors (Lipinski definition) is 0. The molecule has 0 aliphatic carbocycles. The second kappa shape index (κ2) is 2.56. The van der Waals surface area contributed by atoms with Gasteiger partial charge in [-0.05, 0) is 12.1 Å². The maximum Gasteiger partial charge on any atom is 0.126 e. The molecular formula is C9H6FN3. The maximum atomic E-state index is 12.9. The number of aromatic nitrogens is 2. The molecule has 0 unspecified atom stereocenters. The number of rotatable bonds is 0. The van der Waals surface area contributed by atoms with Gasteiger partial charge in [-0.3, -0.25) is 4.68 Å². The van der Waals surface area contributed by atoms with Crippen molar-refractivity contribution in [3.8, 4) is 6.07 Å². The lowest BCUT2D eigenvalue weighted by atomic mass is 10.1. The van der Waals surface area contributed by atoms with Crippen LogP contribution in [0.2, 0.25) is 0 Å². The Hall–Kier alpha value is -1.89. The van der Waals surface area contributed by atoms with Crippen molar-refractivity contribution in [2.75, 3.05) is 0 Å². The summed E-state index contributed by atoms with van der Waals surface area (Å²) in [6.45, 7) is 0. The average molecular weight is 175 g/mol. The predicted octanol–water partition coefficient (Wildman–Crippen LogP) is 1.58. The van der Waals surface area contributed by atoms with Crippen LogP contribution >= 0.6 is 0 Å². The molecule has 64 valence electrons. The van der Waals surface area contributed by atoms with Crippen LogP contribution in [0.25, 0.3) is 10.9 Å². The zero-order chi connectivity index (χ0) is 9.42. The fourth-order valence-corrected chi connectivity index (χ4v) is 1.31. The second-order valence-electron chi connectivity index (χ2n) is 2.77. The Morgan fingerprint density at radius 2 is 2.31 bits per heavy atom. The van der Waals surface area contributed by atoms with Gasteiger partial charge >= 0.3 is 0 Å². The third-order valence-electron chi connectivity index (χ3n) is 1.95. The van der Waals surface area contributed by atoms with Crippen LogP contribution in [0.4, 0.5) is 4.39 Å². The number of nitrogens with zero attached hydrogens (tertiary/aromatic N) is 3. The summed E-state index contributed by atoms with van der Waals surface area (Å²) in [6.07, 6.45) is 1.56. The van der Waals surface area contributed by atoms with E-state index in [4.69, 9.17) is 5.26 Å². The van der Waals surface area contributed by atoms with Gasteiger partial charge in [0, 0.05) is 12.4 Å². The first-order valence-electron chi connectivity index (χ1n) is 3.73. The summed E-state index contributed by atoms with van der Waals surface area (Å²) in [4.78, 5) is 0. The van der Waals surface area contributed by atoms with Crippen LogP contribution in [0.15, 0.2) is 18.3 Å². The number of halogens is 1. The van der Waals surface area contributed by atoms with Gasteiger partial charge in [-0.15, -0.1) is 0 Å². The summed E-state index contributed by atoms with van der Waals surface area (Å²) < 4.78 is 14.5. The van der Waals surface area contributed by atoms with Crippen molar-refractivity contribution in [3.63, 3.8) is 0 Å². The first-order chi connectivity index (χ1) is 6.22. The molecular weight excluding hydrogens is 169 g/mol. The Morgan fingerprint density at radius 3 is 3.00 bits per heavy atom. The molecule has 2 aromatic rings. The number of benzene rings is 1. The van der Waals surface area contributed by atoms with Crippen LogP contribution in [-0.2, 0) is 7.05 Å². The van der Waals surface area contributed by atoms with Gasteiger partial charge in [-0.2, -0.15) is 10.4 Å². The lowest BCUT2D eigenvalue weighted by Crippen LogP contribution is -1.90. The quantitative estimate of drug-likeness (QED) is 0.610. The summed E-state index contributed by atoms with van der Waals surface area (Å²) in [5, 5.41) is 13.3. The smallest absolute Gasteiger partial charge is 0.126 e. The highest BCUT2D eigenvalue weighted by molar-refractivity contribution is 5.84. The van der Waals surface area contributed by atoms with Crippen LogP contribution < -0.4 is 0 Å². The van der Waals surface area contributed by atoms with Gasteiger partial charge in [0.15, 0.2) is 0 Å². The molecule has 0 bridgehead atoms. The van der Waals surface area contributed by atoms with E-state index in [1.807, 2.05) is 6.07 Å². The molecule has 0 saturated heterocycles. The summed E-state index contributed by atoms with van der Waals surface area (Å²) >= 11 is 0. The van der Waals surface area contributed by atoms with Crippen LogP contribution in [0.5, 0.6) is 0 Å². The molecule has 2 rings (SSSR count). The Bertz CT molecular complexity index is 507. The molecule has 13 heavy (non-hydrogen) atoms. The number of aryl methyl sites for hydroxylation is 1. The van der Waals surface area contributed by atoms with E-state index in [1.54, 1.807) is 17.9 Å². The summed E-state index contributed by atoms with van der Waals surface area (Å²) in [6, 6.07) is 4.51. The fraction of sp³-hybridized carbons (Fsp3) is 0.111. The van der Waals surface area contributed by atoms with E-state index in [0.717, 1.165) is 0 Å². The number of hydrogen-bond acceptors (Lipinski definition) is 2. The molecule has 4 heteroatoms. The molecule has 0 aliphatic heterocycles. The Kier molecular flexibility index (Phi) is 1.52. The Morgan fingerprint density at radius 1 is 1.54 bits per heavy atom. The standard InChI is InChI=1S/C9H6FN3/c1-13-9-3-7(10)2-6(4-11)8(9)5-12-13/h2-3,5H,1H3. The van der Waals surface area contributed by atoms with E-state index in [2.05, 4.69) is 5.10 Å². The highest BCUT2D eigenvalue weighted by atomic mass is 19.1. The largest absolute Gasteiger partial charge is 0.268 e. The molecule has 1 heterocycles. The highest BCUT2D eigenvalue weighted by Gasteiger charge is 2.06. The monoisotopic (exact) mass is 175 g/mol. The minimum absolute atomic E-state index is 0.322. The third kappa shape index (κ3) is 1.05. The summed E-state index contributed by atoms with van der Waals surface area (Å²) in [7, 11) is 1.71. The fourth-order valence-electron chi connectivity index (χ4n) is 1.31. The summed E-state index contributed by atoms with van der Waals surface area (Å²) in [5.74, 6) is -0.410. The van der Waals surface area contributed by atoms with Gasteiger partial charge < -0.3 is 0 Å². The van der Waals surface area contributed by atoms with Crippen LogP contribution in [0, 0.1) is 17.1 Å². The first kappa shape index (κ1) is 7.74. The van der Waals surface area contributed by atoms with Crippen molar-refractivity contribution >= 4 is 10.9 Å². The SMILES string of the molecule is Cn1ncc2c(C#N)cc(F)cc21. The van der Waals surface area contributed by atoms with Gasteiger partial charge in [-0.25, -0.2) is 4.39 Å². The van der Waals surface area contributed by atoms with E-state index >= 15 is 0 Å². The summed E-state index contributed by atoms with van der Waals surface area (Å²) in [5.41, 5.74) is 0.958. The van der Waals surface area contributed by atoms with E-state index in [-0.39, 0.29) is 0 Å². The molecule has 0 radical (unpaired) electrons. The molecule has 0 atom stereocenters. The average Bonchev–Trinajstić information content (AvgIpc) is 2.47. The normalized spacial score (nSPS) is 10.2. The van der Waals surface area contributed by atoms with Gasteiger partial charge in [0.05, 0.1) is 23.3 Å².